The van der Waals surface area contributed by atoms with E-state index in [0.717, 1.165) is 54.8 Å². The molecule has 0 spiro atoms. The summed E-state index contributed by atoms with van der Waals surface area (Å²) in [4.78, 5) is 11.5. The monoisotopic (exact) mass is 591 g/mol. The summed E-state index contributed by atoms with van der Waals surface area (Å²) in [6.07, 6.45) is 18.4. The molecule has 6 heteroatoms. The second-order valence-corrected chi connectivity index (χ2v) is 15.1. The fraction of sp³-hybridized carbons (Fsp3) is 0.944. The summed E-state index contributed by atoms with van der Waals surface area (Å²) in [6, 6.07) is 0. The molecule has 0 aromatic rings. The van der Waals surface area contributed by atoms with Crippen LogP contribution in [0.5, 0.6) is 0 Å². The van der Waals surface area contributed by atoms with Crippen LogP contribution in [0, 0.1) is 46.3 Å². The first-order valence-electron chi connectivity index (χ1n) is 17.6. The minimum absolute atomic E-state index is 0.172. The lowest BCUT2D eigenvalue weighted by Crippen LogP contribution is -2.51. The third-order valence-corrected chi connectivity index (χ3v) is 12.0. The molecule has 42 heavy (non-hydrogen) atoms. The van der Waals surface area contributed by atoms with Crippen molar-refractivity contribution < 1.29 is 24.0 Å². The molecule has 6 nitrogen and oxygen atoms in total. The van der Waals surface area contributed by atoms with Crippen LogP contribution in [0.1, 0.15) is 112 Å². The van der Waals surface area contributed by atoms with Crippen LogP contribution in [-0.4, -0.2) is 59.5 Å². The molecule has 0 heterocycles. The third kappa shape index (κ3) is 8.60. The van der Waals surface area contributed by atoms with Crippen LogP contribution in [-0.2, 0) is 24.0 Å². The molecule has 0 amide bonds. The molecular formula is C36H65NO5. The second-order valence-electron chi connectivity index (χ2n) is 15.1. The number of fused-ring (bicyclic) bond motifs is 5. The van der Waals surface area contributed by atoms with Gasteiger partial charge in [-0.1, -0.05) is 65.5 Å². The van der Waals surface area contributed by atoms with Gasteiger partial charge in [-0.2, -0.15) is 0 Å². The molecule has 0 aromatic carbocycles. The van der Waals surface area contributed by atoms with Crippen molar-refractivity contribution in [2.24, 2.45) is 46.3 Å². The van der Waals surface area contributed by atoms with Gasteiger partial charge in [0.2, 0.25) is 0 Å². The zero-order valence-electron chi connectivity index (χ0n) is 28.1. The Kier molecular flexibility index (Phi) is 13.7. The van der Waals surface area contributed by atoms with Crippen LogP contribution < -0.4 is 5.32 Å². The highest BCUT2D eigenvalue weighted by atomic mass is 17.2. The van der Waals surface area contributed by atoms with E-state index < -0.39 is 0 Å². The molecule has 4 aliphatic carbocycles. The van der Waals surface area contributed by atoms with Gasteiger partial charge in [0, 0.05) is 6.61 Å². The molecule has 0 aliphatic heterocycles. The molecule has 244 valence electrons. The number of rotatable bonds is 19. The Morgan fingerprint density at radius 3 is 2.38 bits per heavy atom. The summed E-state index contributed by atoms with van der Waals surface area (Å²) in [5.74, 6) is 5.30. The van der Waals surface area contributed by atoms with Crippen molar-refractivity contribution in [1.29, 1.82) is 0 Å². The summed E-state index contributed by atoms with van der Waals surface area (Å²) < 4.78 is 16.6. The number of nitrogens with one attached hydrogen (secondary N) is 1. The van der Waals surface area contributed by atoms with Crippen molar-refractivity contribution in [1.82, 2.24) is 5.32 Å². The SMILES string of the molecule is CNCOCCCOCCOCCOOC1CCC2(C)C(=CCC3C2CCC2(C)C(C(C)CCCC(C)C)CCC32)C1. The summed E-state index contributed by atoms with van der Waals surface area (Å²) in [5.41, 5.74) is 2.57. The minimum atomic E-state index is 0.172. The van der Waals surface area contributed by atoms with Gasteiger partial charge < -0.3 is 14.2 Å². The molecule has 0 bridgehead atoms. The van der Waals surface area contributed by atoms with E-state index in [2.05, 4.69) is 46.0 Å². The van der Waals surface area contributed by atoms with Gasteiger partial charge in [-0.05, 0) is 111 Å². The van der Waals surface area contributed by atoms with E-state index in [1.807, 2.05) is 7.05 Å². The minimum Gasteiger partial charge on any atom is -0.379 e. The van der Waals surface area contributed by atoms with Gasteiger partial charge in [0.15, 0.2) is 0 Å². The van der Waals surface area contributed by atoms with Gasteiger partial charge in [0.05, 0.1) is 39.3 Å². The normalized spacial score (nSPS) is 35.0. The van der Waals surface area contributed by atoms with E-state index in [-0.39, 0.29) is 6.10 Å². The van der Waals surface area contributed by atoms with Crippen LogP contribution in [0.25, 0.3) is 0 Å². The van der Waals surface area contributed by atoms with Crippen molar-refractivity contribution >= 4 is 0 Å². The van der Waals surface area contributed by atoms with Crippen molar-refractivity contribution in [3.05, 3.63) is 11.6 Å². The molecule has 3 saturated carbocycles. The first kappa shape index (κ1) is 34.4. The van der Waals surface area contributed by atoms with E-state index in [1.165, 1.54) is 57.8 Å². The summed E-state index contributed by atoms with van der Waals surface area (Å²) in [7, 11) is 1.88. The van der Waals surface area contributed by atoms with E-state index in [0.29, 0.717) is 57.2 Å². The maximum absolute atomic E-state index is 5.91. The summed E-state index contributed by atoms with van der Waals surface area (Å²) >= 11 is 0. The maximum Gasteiger partial charge on any atom is 0.106 e. The zero-order valence-corrected chi connectivity index (χ0v) is 28.1. The lowest BCUT2D eigenvalue weighted by atomic mass is 9.47. The lowest BCUT2D eigenvalue weighted by Gasteiger charge is -2.58. The van der Waals surface area contributed by atoms with Crippen molar-refractivity contribution in [2.75, 3.05) is 53.4 Å². The fourth-order valence-corrected chi connectivity index (χ4v) is 9.73. The quantitative estimate of drug-likeness (QED) is 0.0541. The number of hydrogen-bond acceptors (Lipinski definition) is 6. The van der Waals surface area contributed by atoms with E-state index in [9.17, 15) is 0 Å². The fourth-order valence-electron chi connectivity index (χ4n) is 9.73. The molecule has 4 aliphatic rings. The van der Waals surface area contributed by atoms with E-state index in [1.54, 1.807) is 5.57 Å². The third-order valence-electron chi connectivity index (χ3n) is 12.0. The molecular weight excluding hydrogens is 526 g/mol. The standard InChI is InChI=1S/C36H65NO5/c1-27(2)9-7-10-28(3)32-13-14-33-31-12-11-29-25-30(15-17-35(29,4)34(31)16-18-36(32,33)5)42-41-24-23-39-22-21-38-19-8-20-40-26-37-6/h11,27-28,30-34,37H,7-10,12-26H2,1-6H3. The van der Waals surface area contributed by atoms with Crippen LogP contribution in [0.2, 0.25) is 0 Å². The Bertz CT molecular complexity index is 819. The predicted molar refractivity (Wildman–Crippen MR) is 170 cm³/mol. The molecule has 3 fully saturated rings. The van der Waals surface area contributed by atoms with Crippen LogP contribution in [0.3, 0.4) is 0 Å². The average molecular weight is 592 g/mol. The highest BCUT2D eigenvalue weighted by Gasteiger charge is 2.59. The number of hydrogen-bond donors (Lipinski definition) is 1. The zero-order chi connectivity index (χ0) is 30.0. The van der Waals surface area contributed by atoms with Crippen molar-refractivity contribution in [3.8, 4) is 0 Å². The predicted octanol–water partition coefficient (Wildman–Crippen LogP) is 7.96. The van der Waals surface area contributed by atoms with Crippen molar-refractivity contribution in [3.63, 3.8) is 0 Å². The smallest absolute Gasteiger partial charge is 0.106 e. The van der Waals surface area contributed by atoms with Gasteiger partial charge in [-0.25, -0.2) is 9.78 Å². The second kappa shape index (κ2) is 16.7. The highest BCUT2D eigenvalue weighted by Crippen LogP contribution is 2.67. The van der Waals surface area contributed by atoms with Gasteiger partial charge in [-0.3, -0.25) is 5.32 Å². The van der Waals surface area contributed by atoms with Crippen LogP contribution in [0.15, 0.2) is 11.6 Å². The first-order chi connectivity index (χ1) is 20.3. The van der Waals surface area contributed by atoms with E-state index in [4.69, 9.17) is 24.0 Å². The van der Waals surface area contributed by atoms with Crippen molar-refractivity contribution in [2.45, 2.75) is 118 Å². The number of allylic oxidation sites excluding steroid dienone is 1. The molecule has 1 N–H and O–H groups in total. The largest absolute Gasteiger partial charge is 0.379 e. The van der Waals surface area contributed by atoms with Crippen LogP contribution in [0.4, 0.5) is 0 Å². The van der Waals surface area contributed by atoms with E-state index >= 15 is 0 Å². The molecule has 0 radical (unpaired) electrons. The van der Waals surface area contributed by atoms with Crippen LogP contribution >= 0.6 is 0 Å². The molecule has 0 aromatic heterocycles. The Morgan fingerprint density at radius 2 is 1.60 bits per heavy atom. The van der Waals surface area contributed by atoms with Gasteiger partial charge in [0.1, 0.15) is 6.61 Å². The Morgan fingerprint density at radius 1 is 0.833 bits per heavy atom. The molecule has 0 saturated heterocycles. The number of ether oxygens (including phenoxy) is 3. The van der Waals surface area contributed by atoms with Gasteiger partial charge in [0.25, 0.3) is 0 Å². The first-order valence-corrected chi connectivity index (χ1v) is 17.6. The molecule has 8 atom stereocenters. The lowest BCUT2D eigenvalue weighted by molar-refractivity contribution is -0.332. The highest BCUT2D eigenvalue weighted by molar-refractivity contribution is 5.25. The Labute approximate surface area is 258 Å². The Hall–Kier alpha value is -0.500. The molecule has 8 unspecified atom stereocenters. The average Bonchev–Trinajstić information content (AvgIpc) is 3.32. The molecule has 4 rings (SSSR count). The summed E-state index contributed by atoms with van der Waals surface area (Å²) in [5, 5.41) is 2.96. The maximum atomic E-state index is 5.91. The van der Waals surface area contributed by atoms with Gasteiger partial charge >= 0.3 is 0 Å². The Balaban J connectivity index is 1.16. The topological polar surface area (TPSA) is 58.2 Å². The van der Waals surface area contributed by atoms with Gasteiger partial charge in [-0.15, -0.1) is 0 Å². The summed E-state index contributed by atoms with van der Waals surface area (Å²) in [6.45, 7) is 16.8.